The summed E-state index contributed by atoms with van der Waals surface area (Å²) in [6.07, 6.45) is 0.813. The molecule has 0 saturated carbocycles. The van der Waals surface area contributed by atoms with E-state index < -0.39 is 60.1 Å². The van der Waals surface area contributed by atoms with Crippen LogP contribution in [0, 0.1) is 41.5 Å². The van der Waals surface area contributed by atoms with E-state index >= 15 is 0 Å². The van der Waals surface area contributed by atoms with E-state index in [0.717, 1.165) is 44.5 Å². The van der Waals surface area contributed by atoms with Crippen LogP contribution in [0.25, 0.3) is 0 Å². The number of hydrogen-bond donors (Lipinski definition) is 0. The van der Waals surface area contributed by atoms with Gasteiger partial charge in [-0.1, -0.05) is 130 Å². The zero-order chi connectivity index (χ0) is 69.1. The Kier molecular flexibility index (Phi) is 24.9. The summed E-state index contributed by atoms with van der Waals surface area (Å²) in [5, 5.41) is 0. The maximum Gasteiger partial charge on any atom is 0.243 e. The Labute approximate surface area is 571 Å². The summed E-state index contributed by atoms with van der Waals surface area (Å²) >= 11 is 0. The van der Waals surface area contributed by atoms with Gasteiger partial charge in [0.2, 0.25) is 60.1 Å². The number of hydrogen-bond acceptors (Lipinski definition) is 14. The van der Waals surface area contributed by atoms with Crippen LogP contribution >= 0.6 is 0 Å². The van der Waals surface area contributed by atoms with Crippen LogP contribution < -0.4 is 0 Å². The number of benzene rings is 7. The summed E-state index contributed by atoms with van der Waals surface area (Å²) < 4.78 is 183. The molecule has 0 N–H and O–H groups in total. The fourth-order valence-corrected chi connectivity index (χ4v) is 20.6. The Morgan fingerprint density at radius 2 is 0.365 bits per heavy atom. The van der Waals surface area contributed by atoms with Crippen molar-refractivity contribution in [1.82, 2.24) is 35.6 Å². The molecule has 0 amide bonds. The third-order valence-corrected chi connectivity index (χ3v) is 29.2. The molecule has 7 aromatic rings. The van der Waals surface area contributed by atoms with Crippen molar-refractivity contribution in [3.05, 3.63) is 214 Å². The molecule has 7 aromatic carbocycles. The Morgan fingerprint density at radius 3 is 0.542 bits per heavy atom. The van der Waals surface area contributed by atoms with Gasteiger partial charge in [0, 0.05) is 105 Å². The van der Waals surface area contributed by atoms with Crippen LogP contribution in [0.15, 0.2) is 199 Å². The van der Waals surface area contributed by atoms with Crippen molar-refractivity contribution in [1.29, 1.82) is 0 Å². The van der Waals surface area contributed by atoms with Crippen molar-refractivity contribution in [3.63, 3.8) is 0 Å². The van der Waals surface area contributed by atoms with Gasteiger partial charge < -0.3 is 0 Å². The Bertz CT molecular complexity index is 4150. The molecule has 2 aliphatic heterocycles. The van der Waals surface area contributed by atoms with E-state index in [1.165, 1.54) is 50.1 Å². The van der Waals surface area contributed by atoms with Gasteiger partial charge in [0.25, 0.3) is 0 Å². The Morgan fingerprint density at radius 1 is 0.208 bits per heavy atom. The third kappa shape index (κ3) is 18.8. The molecule has 9 rings (SSSR count). The molecule has 0 bridgehead atoms. The lowest BCUT2D eigenvalue weighted by molar-refractivity contribution is 0.222. The lowest BCUT2D eigenvalue weighted by Gasteiger charge is -2.32. The summed E-state index contributed by atoms with van der Waals surface area (Å²) in [6, 6.07) is 47.1. The molecule has 0 unspecified atom stereocenters. The minimum atomic E-state index is -4.18. The highest BCUT2D eigenvalue weighted by atomic mass is 32.2. The molecule has 26 heteroatoms. The maximum atomic E-state index is 14.7. The predicted molar refractivity (Wildman–Crippen MR) is 375 cm³/mol. The number of aryl methyl sites for hydroxylation is 6. The van der Waals surface area contributed by atoms with Crippen molar-refractivity contribution >= 4 is 60.1 Å². The van der Waals surface area contributed by atoms with Crippen molar-refractivity contribution in [2.45, 2.75) is 110 Å². The molecule has 2 fully saturated rings. The summed E-state index contributed by atoms with van der Waals surface area (Å²) in [5.74, 6) is 0. The van der Waals surface area contributed by atoms with E-state index in [1.807, 2.05) is 65.8 Å². The van der Waals surface area contributed by atoms with Gasteiger partial charge in [-0.2, -0.15) is 25.8 Å². The summed E-state index contributed by atoms with van der Waals surface area (Å²) in [4.78, 5) is 4.64. The summed E-state index contributed by atoms with van der Waals surface area (Å²) in [6.45, 7) is 12.1. The lowest BCUT2D eigenvalue weighted by atomic mass is 10.1. The zero-order valence-electron chi connectivity index (χ0n) is 55.6. The largest absolute Gasteiger partial charge is 0.298 e. The highest BCUT2D eigenvalue weighted by Gasteiger charge is 2.34. The molecule has 0 aromatic heterocycles. The van der Waals surface area contributed by atoms with Gasteiger partial charge in [-0.25, -0.2) is 50.5 Å². The average Bonchev–Trinajstić information content (AvgIpc) is 0.840. The van der Waals surface area contributed by atoms with Crippen LogP contribution in [-0.2, 0) is 73.2 Å². The first kappa shape index (κ1) is 74.2. The zero-order valence-corrected chi connectivity index (χ0v) is 60.5. The Balaban J connectivity index is 0.995. The van der Waals surface area contributed by atoms with Crippen LogP contribution in [0.1, 0.15) is 70.2 Å². The monoisotopic (exact) mass is 1430 g/mol. The van der Waals surface area contributed by atoms with E-state index in [9.17, 15) is 50.5 Å². The van der Waals surface area contributed by atoms with Crippen molar-refractivity contribution in [2.75, 3.05) is 105 Å². The van der Waals surface area contributed by atoms with Crippen LogP contribution in [0.5, 0.6) is 0 Å². The molecule has 2 saturated heterocycles. The van der Waals surface area contributed by atoms with Gasteiger partial charge in [-0.05, 0) is 164 Å². The van der Waals surface area contributed by atoms with E-state index in [0.29, 0.717) is 39.0 Å². The fourth-order valence-electron chi connectivity index (χ4n) is 11.8. The second-order valence-corrected chi connectivity index (χ2v) is 36.7. The third-order valence-electron chi connectivity index (χ3n) is 17.7. The quantitative estimate of drug-likeness (QED) is 0.0880. The molecular weight excluding hydrogens is 1340 g/mol. The van der Waals surface area contributed by atoms with E-state index in [1.54, 1.807) is 121 Å². The number of sulfonamides is 6. The molecule has 0 atom stereocenters. The molecule has 0 radical (unpaired) electrons. The molecule has 20 nitrogen and oxygen atoms in total. The van der Waals surface area contributed by atoms with E-state index in [2.05, 4.69) is 9.80 Å². The second-order valence-electron chi connectivity index (χ2n) is 25.1. The van der Waals surface area contributed by atoms with E-state index in [-0.39, 0.29) is 134 Å². The minimum absolute atomic E-state index is 0.0268. The minimum Gasteiger partial charge on any atom is -0.298 e. The molecule has 96 heavy (non-hydrogen) atoms. The standard InChI is InChI=1S/C70H90N8O12S6/c1-57-11-27-65(28-12-57)91(79,80)73-43-9-45-77(95(87,88)69-35-19-61(5)20-36-69)53-51-75(93(83,84)67-31-15-59(3)16-32-67)41-7-39-71(47-49-73)55-63-23-25-64(26-24-63)56-72-40-8-42-76(94(85,86)68-33-17-60(4)18-34-68)52-54-78(96(89,90)70-37-21-62(6)22-38-70)46-10-44-74(50-48-72)92(81,82)66-29-13-58(2)14-30-66/h11-38H,7-10,39-56H2,1-6H3. The van der Waals surface area contributed by atoms with E-state index in [4.69, 9.17) is 0 Å². The van der Waals surface area contributed by atoms with Crippen LogP contribution in [0.4, 0.5) is 0 Å². The summed E-state index contributed by atoms with van der Waals surface area (Å²) in [7, 11) is -24.8. The normalized spacial score (nSPS) is 18.1. The van der Waals surface area contributed by atoms with Gasteiger partial charge in [0.05, 0.1) is 29.4 Å². The number of rotatable bonds is 16. The summed E-state index contributed by atoms with van der Waals surface area (Å²) in [5.41, 5.74) is 6.98. The van der Waals surface area contributed by atoms with Crippen molar-refractivity contribution in [2.24, 2.45) is 0 Å². The van der Waals surface area contributed by atoms with Crippen LogP contribution in [0.2, 0.25) is 0 Å². The first-order valence-corrected chi connectivity index (χ1v) is 41.1. The molecule has 518 valence electrons. The highest BCUT2D eigenvalue weighted by Crippen LogP contribution is 2.27. The maximum absolute atomic E-state index is 14.7. The van der Waals surface area contributed by atoms with Gasteiger partial charge in [0.1, 0.15) is 0 Å². The lowest BCUT2D eigenvalue weighted by Crippen LogP contribution is -2.45. The highest BCUT2D eigenvalue weighted by molar-refractivity contribution is 7.90. The molecule has 2 heterocycles. The van der Waals surface area contributed by atoms with Gasteiger partial charge in [-0.3, -0.25) is 9.80 Å². The smallest absolute Gasteiger partial charge is 0.243 e. The van der Waals surface area contributed by atoms with Gasteiger partial charge >= 0.3 is 0 Å². The second kappa shape index (κ2) is 32.3. The van der Waals surface area contributed by atoms with Crippen molar-refractivity contribution in [3.8, 4) is 0 Å². The average molecular weight is 1430 g/mol. The first-order chi connectivity index (χ1) is 45.5. The fraction of sp³-hybridized carbons (Fsp3) is 0.400. The van der Waals surface area contributed by atoms with Crippen molar-refractivity contribution < 1.29 is 50.5 Å². The Hall–Kier alpha value is -6.08. The topological polar surface area (TPSA) is 231 Å². The number of nitrogens with zero attached hydrogens (tertiary/aromatic N) is 8. The molecular formula is C70H90N8O12S6. The first-order valence-electron chi connectivity index (χ1n) is 32.5. The predicted octanol–water partition coefficient (Wildman–Crippen LogP) is 8.87. The van der Waals surface area contributed by atoms with Gasteiger partial charge in [0.15, 0.2) is 0 Å². The van der Waals surface area contributed by atoms with Crippen LogP contribution in [0.3, 0.4) is 0 Å². The van der Waals surface area contributed by atoms with Gasteiger partial charge in [-0.15, -0.1) is 0 Å². The molecule has 0 aliphatic carbocycles. The molecule has 0 spiro atoms. The SMILES string of the molecule is Cc1ccc(S(=O)(=O)N2CCCN(S(=O)(=O)c3ccc(C)cc3)CCN(S(=O)(=O)c3ccc(C)cc3)CCCN(Cc3ccc(CN4CCCN(S(=O)(=O)c5ccc(C)cc5)CCN(S(=O)(=O)c5ccc(C)cc5)CCCN(S(=O)(=O)c5ccc(C)cc5)CC4)cc3)CC2)cc1. The molecule has 2 aliphatic rings. The van der Waals surface area contributed by atoms with Crippen LogP contribution in [-0.4, -0.2) is 191 Å².